The summed E-state index contributed by atoms with van der Waals surface area (Å²) in [6, 6.07) is 19.8. The van der Waals surface area contributed by atoms with Crippen LogP contribution in [0.2, 0.25) is 0 Å². The van der Waals surface area contributed by atoms with Gasteiger partial charge in [-0.1, -0.05) is 36.4 Å². The van der Waals surface area contributed by atoms with Gasteiger partial charge in [-0.25, -0.2) is 0 Å². The van der Waals surface area contributed by atoms with Crippen molar-refractivity contribution >= 4 is 38.1 Å². The molecular weight excluding hydrogens is 512 g/mol. The Bertz CT molecular complexity index is 988. The lowest BCUT2D eigenvalue weighted by Gasteiger charge is -2.11. The van der Waals surface area contributed by atoms with Crippen LogP contribution in [0.4, 0.5) is 0 Å². The summed E-state index contributed by atoms with van der Waals surface area (Å²) < 4.78 is 18.2. The van der Waals surface area contributed by atoms with E-state index in [1.54, 1.807) is 20.4 Å². The van der Waals surface area contributed by atoms with E-state index < -0.39 is 0 Å². The van der Waals surface area contributed by atoms with Gasteiger partial charge in [-0.15, -0.1) is 0 Å². The second-order valence-corrected chi connectivity index (χ2v) is 8.08. The fraction of sp³-hybridized carbons (Fsp3) is 0.174. The standard InChI is InChI=1S/C23H22Br2N2O3/c1-28-21-9-8-17(12-22(21)29-2)13-26-27-14-18-10-19(24)23(20(25)11-18)30-15-16-6-4-3-5-7-16/h3-12,14,26H,13,15H2,1-2H3/b27-14-. The summed E-state index contributed by atoms with van der Waals surface area (Å²) in [4.78, 5) is 0. The van der Waals surface area contributed by atoms with Gasteiger partial charge in [0, 0.05) is 0 Å². The lowest BCUT2D eigenvalue weighted by molar-refractivity contribution is 0.302. The Morgan fingerprint density at radius 3 is 2.23 bits per heavy atom. The third-order valence-corrected chi connectivity index (χ3v) is 5.46. The minimum atomic E-state index is 0.498. The number of halogens is 2. The van der Waals surface area contributed by atoms with Crippen LogP contribution < -0.4 is 19.6 Å². The highest BCUT2D eigenvalue weighted by atomic mass is 79.9. The highest BCUT2D eigenvalue weighted by Gasteiger charge is 2.09. The Morgan fingerprint density at radius 2 is 1.57 bits per heavy atom. The van der Waals surface area contributed by atoms with Crippen LogP contribution in [0.25, 0.3) is 0 Å². The van der Waals surface area contributed by atoms with Crippen LogP contribution in [0.1, 0.15) is 16.7 Å². The Morgan fingerprint density at radius 1 is 0.867 bits per heavy atom. The van der Waals surface area contributed by atoms with Gasteiger partial charge in [-0.2, -0.15) is 5.10 Å². The van der Waals surface area contributed by atoms with Crippen molar-refractivity contribution in [1.82, 2.24) is 5.43 Å². The molecule has 5 nitrogen and oxygen atoms in total. The van der Waals surface area contributed by atoms with Crippen LogP contribution in [0, 0.1) is 0 Å². The maximum atomic E-state index is 5.96. The Labute approximate surface area is 193 Å². The molecule has 0 fully saturated rings. The molecule has 0 saturated carbocycles. The lowest BCUT2D eigenvalue weighted by Crippen LogP contribution is -2.06. The van der Waals surface area contributed by atoms with Crippen molar-refractivity contribution in [2.24, 2.45) is 5.10 Å². The number of hydrogen-bond acceptors (Lipinski definition) is 5. The van der Waals surface area contributed by atoms with Gasteiger partial charge < -0.3 is 19.6 Å². The minimum absolute atomic E-state index is 0.498. The topological polar surface area (TPSA) is 52.1 Å². The second kappa shape index (κ2) is 11.0. The molecular formula is C23H22Br2N2O3. The number of hydrazone groups is 1. The Kier molecular flexibility index (Phi) is 8.16. The van der Waals surface area contributed by atoms with E-state index in [0.29, 0.717) is 24.7 Å². The van der Waals surface area contributed by atoms with E-state index in [1.807, 2.05) is 60.7 Å². The molecule has 0 aromatic heterocycles. The van der Waals surface area contributed by atoms with Gasteiger partial charge in [0.1, 0.15) is 12.4 Å². The molecule has 1 N–H and O–H groups in total. The third-order valence-electron chi connectivity index (χ3n) is 4.28. The van der Waals surface area contributed by atoms with Crippen molar-refractivity contribution < 1.29 is 14.2 Å². The van der Waals surface area contributed by atoms with Crippen molar-refractivity contribution in [3.05, 3.63) is 86.3 Å². The first-order valence-corrected chi connectivity index (χ1v) is 10.8. The number of ether oxygens (including phenoxy) is 3. The predicted molar refractivity (Wildman–Crippen MR) is 127 cm³/mol. The molecule has 30 heavy (non-hydrogen) atoms. The van der Waals surface area contributed by atoms with Crippen LogP contribution in [0.15, 0.2) is 74.7 Å². The molecule has 0 heterocycles. The van der Waals surface area contributed by atoms with Gasteiger partial charge in [0.05, 0.1) is 35.9 Å². The second-order valence-electron chi connectivity index (χ2n) is 6.37. The molecule has 156 valence electrons. The highest BCUT2D eigenvalue weighted by molar-refractivity contribution is 9.11. The molecule has 7 heteroatoms. The van der Waals surface area contributed by atoms with Gasteiger partial charge in [0.2, 0.25) is 0 Å². The zero-order chi connectivity index (χ0) is 21.3. The van der Waals surface area contributed by atoms with Gasteiger partial charge >= 0.3 is 0 Å². The van der Waals surface area contributed by atoms with Crippen molar-refractivity contribution in [3.63, 3.8) is 0 Å². The number of methoxy groups -OCH3 is 2. The molecule has 0 radical (unpaired) electrons. The third kappa shape index (κ3) is 6.00. The maximum Gasteiger partial charge on any atom is 0.161 e. The number of nitrogens with one attached hydrogen (secondary N) is 1. The maximum absolute atomic E-state index is 5.96. The zero-order valence-electron chi connectivity index (χ0n) is 16.7. The molecule has 0 aliphatic rings. The first-order valence-electron chi connectivity index (χ1n) is 9.23. The van der Waals surface area contributed by atoms with Crippen molar-refractivity contribution in [2.75, 3.05) is 14.2 Å². The number of benzene rings is 3. The Hall–Kier alpha value is -2.51. The first-order chi connectivity index (χ1) is 14.6. The van der Waals surface area contributed by atoms with Crippen molar-refractivity contribution in [1.29, 1.82) is 0 Å². The number of nitrogens with zero attached hydrogens (tertiary/aromatic N) is 1. The summed E-state index contributed by atoms with van der Waals surface area (Å²) in [6.07, 6.45) is 1.76. The number of rotatable bonds is 9. The molecule has 0 atom stereocenters. The van der Waals surface area contributed by atoms with E-state index in [0.717, 1.165) is 31.4 Å². The molecule has 0 unspecified atom stereocenters. The van der Waals surface area contributed by atoms with E-state index in [4.69, 9.17) is 14.2 Å². The summed E-state index contributed by atoms with van der Waals surface area (Å²) in [6.45, 7) is 1.07. The van der Waals surface area contributed by atoms with Crippen LogP contribution in [-0.2, 0) is 13.2 Å². The molecule has 0 aliphatic heterocycles. The van der Waals surface area contributed by atoms with Gasteiger partial charge in [0.25, 0.3) is 0 Å². The summed E-state index contributed by atoms with van der Waals surface area (Å²) in [7, 11) is 3.24. The van der Waals surface area contributed by atoms with E-state index in [-0.39, 0.29) is 0 Å². The number of hydrogen-bond donors (Lipinski definition) is 1. The molecule has 0 saturated heterocycles. The largest absolute Gasteiger partial charge is 0.493 e. The summed E-state index contributed by atoms with van der Waals surface area (Å²) in [5.41, 5.74) is 6.13. The molecule has 3 aromatic carbocycles. The lowest BCUT2D eigenvalue weighted by atomic mass is 10.2. The SMILES string of the molecule is COc1ccc(CN/N=C\c2cc(Br)c(OCc3ccccc3)c(Br)c2)cc1OC. The van der Waals surface area contributed by atoms with E-state index >= 15 is 0 Å². The molecule has 0 amide bonds. The average molecular weight is 534 g/mol. The van der Waals surface area contributed by atoms with Crippen molar-refractivity contribution in [3.8, 4) is 17.2 Å². The average Bonchev–Trinajstić information content (AvgIpc) is 2.76. The normalized spacial score (nSPS) is 10.8. The van der Waals surface area contributed by atoms with E-state index in [2.05, 4.69) is 42.4 Å². The first kappa shape index (κ1) is 22.2. The van der Waals surface area contributed by atoms with Crippen LogP contribution in [0.3, 0.4) is 0 Å². The van der Waals surface area contributed by atoms with Crippen LogP contribution >= 0.6 is 31.9 Å². The fourth-order valence-corrected chi connectivity index (χ4v) is 4.22. The van der Waals surface area contributed by atoms with Crippen LogP contribution in [0.5, 0.6) is 17.2 Å². The van der Waals surface area contributed by atoms with E-state index in [9.17, 15) is 0 Å². The fourth-order valence-electron chi connectivity index (χ4n) is 2.77. The molecule has 0 aliphatic carbocycles. The summed E-state index contributed by atoms with van der Waals surface area (Å²) in [5.74, 6) is 2.16. The molecule has 0 bridgehead atoms. The minimum Gasteiger partial charge on any atom is -0.493 e. The summed E-state index contributed by atoms with van der Waals surface area (Å²) in [5, 5.41) is 4.31. The monoisotopic (exact) mass is 532 g/mol. The van der Waals surface area contributed by atoms with E-state index in [1.165, 1.54) is 0 Å². The molecule has 3 rings (SSSR count). The van der Waals surface area contributed by atoms with Gasteiger partial charge in [0.15, 0.2) is 11.5 Å². The predicted octanol–water partition coefficient (Wildman–Crippen LogP) is 5.93. The molecule has 0 spiro atoms. The van der Waals surface area contributed by atoms with Crippen molar-refractivity contribution in [2.45, 2.75) is 13.2 Å². The highest BCUT2D eigenvalue weighted by Crippen LogP contribution is 2.35. The zero-order valence-corrected chi connectivity index (χ0v) is 19.9. The van der Waals surface area contributed by atoms with Crippen LogP contribution in [-0.4, -0.2) is 20.4 Å². The quantitative estimate of drug-likeness (QED) is 0.273. The van der Waals surface area contributed by atoms with Gasteiger partial charge in [-0.3, -0.25) is 0 Å². The summed E-state index contributed by atoms with van der Waals surface area (Å²) >= 11 is 7.17. The van der Waals surface area contributed by atoms with Gasteiger partial charge in [-0.05, 0) is 72.8 Å². The Balaban J connectivity index is 1.59. The smallest absolute Gasteiger partial charge is 0.161 e. The molecule has 3 aromatic rings.